The third-order valence-corrected chi connectivity index (χ3v) is 5.89. The standard InChI is InChI=1S/C20H24N4O/c1-4-15-17(5-1)22-19(14-3-2-8-21-12-14)24-20(15)23-18-11-16(18)13-6-9-25-10-7-13/h2-3,8,12-13,16,18H,1,4-7,9-11H2,(H,22,23,24)/t16-,18+/m0/s1. The molecule has 2 atom stereocenters. The van der Waals surface area contributed by atoms with Crippen LogP contribution in [0.15, 0.2) is 24.5 Å². The van der Waals surface area contributed by atoms with Crippen LogP contribution < -0.4 is 5.32 Å². The van der Waals surface area contributed by atoms with E-state index in [9.17, 15) is 0 Å². The molecule has 2 aliphatic carbocycles. The average molecular weight is 336 g/mol. The zero-order valence-corrected chi connectivity index (χ0v) is 14.4. The minimum atomic E-state index is 0.574. The Labute approximate surface area is 148 Å². The number of anilines is 1. The molecule has 0 radical (unpaired) electrons. The number of fused-ring (bicyclic) bond motifs is 1. The predicted molar refractivity (Wildman–Crippen MR) is 96.3 cm³/mol. The summed E-state index contributed by atoms with van der Waals surface area (Å²) in [4.78, 5) is 13.9. The van der Waals surface area contributed by atoms with E-state index in [0.717, 1.165) is 55.1 Å². The number of ether oxygens (including phenoxy) is 1. The van der Waals surface area contributed by atoms with Gasteiger partial charge in [-0.25, -0.2) is 9.97 Å². The van der Waals surface area contributed by atoms with Crippen LogP contribution >= 0.6 is 0 Å². The number of aromatic nitrogens is 3. The van der Waals surface area contributed by atoms with Crippen LogP contribution in [-0.2, 0) is 17.6 Å². The second-order valence-electron chi connectivity index (χ2n) is 7.52. The fraction of sp³-hybridized carbons (Fsp3) is 0.550. The number of pyridine rings is 1. The SMILES string of the molecule is c1cncc(-c2nc3c(c(N[C@@H]4C[C@H]4C4CCOCC4)n2)CCC3)c1. The molecule has 0 amide bonds. The summed E-state index contributed by atoms with van der Waals surface area (Å²) in [5.74, 6) is 3.48. The van der Waals surface area contributed by atoms with Crippen LogP contribution in [0.25, 0.3) is 11.4 Å². The molecule has 0 aromatic carbocycles. The molecule has 2 aromatic rings. The molecular formula is C20H24N4O. The van der Waals surface area contributed by atoms with Gasteiger partial charge in [-0.3, -0.25) is 4.98 Å². The third kappa shape index (κ3) is 3.01. The Morgan fingerprint density at radius 3 is 2.88 bits per heavy atom. The van der Waals surface area contributed by atoms with Gasteiger partial charge in [0.25, 0.3) is 0 Å². The summed E-state index contributed by atoms with van der Waals surface area (Å²) < 4.78 is 5.51. The lowest BCUT2D eigenvalue weighted by atomic mass is 9.94. The van der Waals surface area contributed by atoms with Crippen LogP contribution in [0, 0.1) is 11.8 Å². The lowest BCUT2D eigenvalue weighted by molar-refractivity contribution is 0.0595. The normalized spacial score (nSPS) is 25.6. The quantitative estimate of drug-likeness (QED) is 0.929. The molecule has 1 N–H and O–H groups in total. The zero-order valence-electron chi connectivity index (χ0n) is 14.4. The summed E-state index contributed by atoms with van der Waals surface area (Å²) >= 11 is 0. The summed E-state index contributed by atoms with van der Waals surface area (Å²) in [6.45, 7) is 1.86. The fourth-order valence-corrected chi connectivity index (χ4v) is 4.40. The molecule has 1 saturated heterocycles. The van der Waals surface area contributed by atoms with E-state index < -0.39 is 0 Å². The Balaban J connectivity index is 1.39. The van der Waals surface area contributed by atoms with E-state index in [0.29, 0.717) is 6.04 Å². The second-order valence-corrected chi connectivity index (χ2v) is 7.52. The number of hydrogen-bond acceptors (Lipinski definition) is 5. The molecule has 0 spiro atoms. The highest BCUT2D eigenvalue weighted by molar-refractivity contribution is 5.60. The van der Waals surface area contributed by atoms with Crippen molar-refractivity contribution in [3.05, 3.63) is 35.8 Å². The number of nitrogens with one attached hydrogen (secondary N) is 1. The van der Waals surface area contributed by atoms with E-state index in [-0.39, 0.29) is 0 Å². The maximum atomic E-state index is 5.51. The number of nitrogens with zero attached hydrogens (tertiary/aromatic N) is 3. The molecular weight excluding hydrogens is 312 g/mol. The molecule has 5 heteroatoms. The molecule has 2 aromatic heterocycles. The highest BCUT2D eigenvalue weighted by Crippen LogP contribution is 2.44. The van der Waals surface area contributed by atoms with Crippen molar-refractivity contribution >= 4 is 5.82 Å². The van der Waals surface area contributed by atoms with Gasteiger partial charge in [0, 0.05) is 48.5 Å². The highest BCUT2D eigenvalue weighted by atomic mass is 16.5. The number of rotatable bonds is 4. The van der Waals surface area contributed by atoms with Gasteiger partial charge in [0.15, 0.2) is 5.82 Å². The Bertz CT molecular complexity index is 758. The number of hydrogen-bond donors (Lipinski definition) is 1. The molecule has 25 heavy (non-hydrogen) atoms. The summed E-state index contributed by atoms with van der Waals surface area (Å²) in [6, 6.07) is 4.56. The van der Waals surface area contributed by atoms with Crippen molar-refractivity contribution in [1.29, 1.82) is 0 Å². The Morgan fingerprint density at radius 2 is 2.04 bits per heavy atom. The van der Waals surface area contributed by atoms with Crippen molar-refractivity contribution in [3.8, 4) is 11.4 Å². The topological polar surface area (TPSA) is 59.9 Å². The van der Waals surface area contributed by atoms with Crippen molar-refractivity contribution in [2.24, 2.45) is 11.8 Å². The summed E-state index contributed by atoms with van der Waals surface area (Å²) in [5, 5.41) is 3.76. The first kappa shape index (κ1) is 15.3. The first-order valence-corrected chi connectivity index (χ1v) is 9.53. The van der Waals surface area contributed by atoms with Crippen molar-refractivity contribution in [1.82, 2.24) is 15.0 Å². The van der Waals surface area contributed by atoms with E-state index in [1.165, 1.54) is 36.9 Å². The van der Waals surface area contributed by atoms with Gasteiger partial charge in [-0.1, -0.05) is 0 Å². The predicted octanol–water partition coefficient (Wildman–Crippen LogP) is 3.25. The van der Waals surface area contributed by atoms with Gasteiger partial charge in [-0.05, 0) is 62.5 Å². The number of aryl methyl sites for hydroxylation is 1. The lowest BCUT2D eigenvalue weighted by Gasteiger charge is -2.22. The van der Waals surface area contributed by atoms with Crippen molar-refractivity contribution in [3.63, 3.8) is 0 Å². The Kier molecular flexibility index (Phi) is 3.89. The van der Waals surface area contributed by atoms with Gasteiger partial charge in [0.2, 0.25) is 0 Å². The first-order chi connectivity index (χ1) is 12.4. The molecule has 5 nitrogen and oxygen atoms in total. The molecule has 0 unspecified atom stereocenters. The zero-order chi connectivity index (χ0) is 16.6. The van der Waals surface area contributed by atoms with Crippen LogP contribution in [-0.4, -0.2) is 34.2 Å². The molecule has 1 aliphatic heterocycles. The van der Waals surface area contributed by atoms with Gasteiger partial charge in [0.05, 0.1) is 0 Å². The summed E-state index contributed by atoms with van der Waals surface area (Å²) in [7, 11) is 0. The van der Waals surface area contributed by atoms with E-state index in [1.54, 1.807) is 6.20 Å². The molecule has 3 heterocycles. The molecule has 1 saturated carbocycles. The fourth-order valence-electron chi connectivity index (χ4n) is 4.40. The van der Waals surface area contributed by atoms with Crippen LogP contribution in [0.1, 0.15) is 36.9 Å². The smallest absolute Gasteiger partial charge is 0.163 e. The van der Waals surface area contributed by atoms with Crippen LogP contribution in [0.3, 0.4) is 0 Å². The maximum Gasteiger partial charge on any atom is 0.163 e. The molecule has 2 fully saturated rings. The average Bonchev–Trinajstić information content (AvgIpc) is 3.27. The van der Waals surface area contributed by atoms with Gasteiger partial charge >= 0.3 is 0 Å². The molecule has 130 valence electrons. The minimum Gasteiger partial charge on any atom is -0.381 e. The molecule has 3 aliphatic rings. The Hall–Kier alpha value is -2.01. The van der Waals surface area contributed by atoms with Gasteiger partial charge in [0.1, 0.15) is 5.82 Å². The third-order valence-electron chi connectivity index (χ3n) is 5.89. The summed E-state index contributed by atoms with van der Waals surface area (Å²) in [6.07, 6.45) is 10.7. The van der Waals surface area contributed by atoms with E-state index >= 15 is 0 Å². The molecule has 0 bridgehead atoms. The monoisotopic (exact) mass is 336 g/mol. The Morgan fingerprint density at radius 1 is 1.12 bits per heavy atom. The molecule has 5 rings (SSSR count). The van der Waals surface area contributed by atoms with Crippen LogP contribution in [0.5, 0.6) is 0 Å². The summed E-state index contributed by atoms with van der Waals surface area (Å²) in [5.41, 5.74) is 3.56. The van der Waals surface area contributed by atoms with Crippen LogP contribution in [0.2, 0.25) is 0 Å². The lowest BCUT2D eigenvalue weighted by Crippen LogP contribution is -2.20. The van der Waals surface area contributed by atoms with Crippen molar-refractivity contribution in [2.75, 3.05) is 18.5 Å². The highest BCUT2D eigenvalue weighted by Gasteiger charge is 2.43. The first-order valence-electron chi connectivity index (χ1n) is 9.53. The van der Waals surface area contributed by atoms with Crippen molar-refractivity contribution in [2.45, 2.75) is 44.6 Å². The van der Waals surface area contributed by atoms with Gasteiger partial charge in [-0.2, -0.15) is 0 Å². The minimum absolute atomic E-state index is 0.574. The van der Waals surface area contributed by atoms with Gasteiger partial charge in [-0.15, -0.1) is 0 Å². The van der Waals surface area contributed by atoms with Crippen molar-refractivity contribution < 1.29 is 4.74 Å². The van der Waals surface area contributed by atoms with Gasteiger partial charge < -0.3 is 10.1 Å². The van der Waals surface area contributed by atoms with E-state index in [2.05, 4.69) is 10.3 Å². The van der Waals surface area contributed by atoms with E-state index in [1.807, 2.05) is 18.3 Å². The van der Waals surface area contributed by atoms with Crippen LogP contribution in [0.4, 0.5) is 5.82 Å². The second kappa shape index (κ2) is 6.37. The maximum absolute atomic E-state index is 5.51. The largest absolute Gasteiger partial charge is 0.381 e. The van der Waals surface area contributed by atoms with E-state index in [4.69, 9.17) is 14.7 Å².